The number of aryl methyl sites for hydroxylation is 1. The van der Waals surface area contributed by atoms with E-state index < -0.39 is 18.1 Å². The van der Waals surface area contributed by atoms with Crippen LogP contribution >= 0.6 is 0 Å². The minimum atomic E-state index is -0.671. The second-order valence-electron chi connectivity index (χ2n) is 10.7. The van der Waals surface area contributed by atoms with E-state index in [9.17, 15) is 20.3 Å². The molecule has 3 aliphatic heterocycles. The minimum Gasteiger partial charge on any atom is -0.507 e. The van der Waals surface area contributed by atoms with Crippen molar-refractivity contribution >= 4 is 12.0 Å². The molecule has 41 heavy (non-hydrogen) atoms. The van der Waals surface area contributed by atoms with Crippen LogP contribution in [0.25, 0.3) is 6.08 Å². The number of aromatic hydroxyl groups is 2. The number of nitrogens with zero attached hydrogens (tertiary/aromatic N) is 3. The summed E-state index contributed by atoms with van der Waals surface area (Å²) in [6.45, 7) is 5.15. The van der Waals surface area contributed by atoms with Crippen molar-refractivity contribution in [1.29, 1.82) is 5.26 Å². The molecule has 0 spiro atoms. The Hall–Kier alpha value is -4.14. The average Bonchev–Trinajstić information content (AvgIpc) is 2.93. The molecule has 0 aliphatic carbocycles. The molecule has 0 radical (unpaired) electrons. The molecule has 0 aromatic heterocycles. The van der Waals surface area contributed by atoms with Crippen molar-refractivity contribution < 1.29 is 34.0 Å². The Morgan fingerprint density at radius 3 is 2.44 bits per heavy atom. The summed E-state index contributed by atoms with van der Waals surface area (Å²) in [6.07, 6.45) is 2.39. The third-order valence-corrected chi connectivity index (χ3v) is 8.50. The highest BCUT2D eigenvalue weighted by Crippen LogP contribution is 2.58. The zero-order valence-electron chi connectivity index (χ0n) is 24.4. The van der Waals surface area contributed by atoms with Gasteiger partial charge in [-0.25, -0.2) is 0 Å². The van der Waals surface area contributed by atoms with Gasteiger partial charge in [0.15, 0.2) is 29.8 Å². The minimum absolute atomic E-state index is 0.0112. The van der Waals surface area contributed by atoms with Crippen molar-refractivity contribution in [3.63, 3.8) is 0 Å². The number of hydrogen-bond acceptors (Lipinski definition) is 10. The predicted octanol–water partition coefficient (Wildman–Crippen LogP) is 3.05. The van der Waals surface area contributed by atoms with Gasteiger partial charge in [-0.3, -0.25) is 9.69 Å². The number of carbonyl (C=O) groups is 1. The SMILES string of the molecule is COCOc1c(OC)c(C)cc2c1[C@@H]1C3=Cc4c(O)c(C)c(OC)c(O)c4C(CNC(C)=O)N3[C@@H](C#N)[C@H](C2)N1C. The van der Waals surface area contributed by atoms with Gasteiger partial charge in [-0.05, 0) is 44.5 Å². The Labute approximate surface area is 239 Å². The van der Waals surface area contributed by atoms with Crippen LogP contribution in [0.4, 0.5) is 0 Å². The molecular formula is C30H36N4O7. The van der Waals surface area contributed by atoms with E-state index in [1.54, 1.807) is 21.1 Å². The van der Waals surface area contributed by atoms with Gasteiger partial charge in [0, 0.05) is 54.6 Å². The van der Waals surface area contributed by atoms with Crippen molar-refractivity contribution in [2.24, 2.45) is 0 Å². The number of phenols is 2. The first kappa shape index (κ1) is 28.4. The van der Waals surface area contributed by atoms with Gasteiger partial charge in [-0.2, -0.15) is 5.26 Å². The molecule has 11 heteroatoms. The number of hydrogen-bond donors (Lipinski definition) is 3. The third kappa shape index (κ3) is 4.21. The molecule has 11 nitrogen and oxygen atoms in total. The van der Waals surface area contributed by atoms with Crippen LogP contribution in [0.5, 0.6) is 28.7 Å². The lowest BCUT2D eigenvalue weighted by molar-refractivity contribution is -0.119. The number of likely N-dealkylation sites (N-methyl/N-ethyl adjacent to an activating group) is 1. The van der Waals surface area contributed by atoms with Gasteiger partial charge in [0.1, 0.15) is 11.8 Å². The number of carbonyl (C=O) groups excluding carboxylic acids is 1. The maximum atomic E-state index is 12.1. The second-order valence-corrected chi connectivity index (χ2v) is 10.7. The van der Waals surface area contributed by atoms with Crippen LogP contribution in [0, 0.1) is 25.2 Å². The van der Waals surface area contributed by atoms with E-state index in [0.29, 0.717) is 34.6 Å². The molecule has 1 unspecified atom stereocenters. The summed E-state index contributed by atoms with van der Waals surface area (Å²) in [7, 11) is 6.55. The molecule has 1 saturated heterocycles. The van der Waals surface area contributed by atoms with Gasteiger partial charge in [0.2, 0.25) is 5.91 Å². The highest BCUT2D eigenvalue weighted by Gasteiger charge is 2.53. The molecule has 3 heterocycles. The Morgan fingerprint density at radius 2 is 1.83 bits per heavy atom. The molecule has 2 aromatic carbocycles. The molecular weight excluding hydrogens is 528 g/mol. The lowest BCUT2D eigenvalue weighted by atomic mass is 9.75. The first-order valence-corrected chi connectivity index (χ1v) is 13.4. The van der Waals surface area contributed by atoms with Crippen LogP contribution in [0.3, 0.4) is 0 Å². The van der Waals surface area contributed by atoms with Crippen LogP contribution in [-0.2, 0) is 16.0 Å². The Morgan fingerprint density at radius 1 is 1.12 bits per heavy atom. The smallest absolute Gasteiger partial charge is 0.216 e. The fourth-order valence-corrected chi connectivity index (χ4v) is 6.78. The fourth-order valence-electron chi connectivity index (χ4n) is 6.78. The molecule has 1 fully saturated rings. The first-order chi connectivity index (χ1) is 19.6. The van der Waals surface area contributed by atoms with E-state index in [4.69, 9.17) is 18.9 Å². The molecule has 1 amide bonds. The maximum Gasteiger partial charge on any atom is 0.216 e. The normalized spacial score (nSPS) is 22.5. The summed E-state index contributed by atoms with van der Waals surface area (Å²) in [6, 6.07) is 2.66. The summed E-state index contributed by atoms with van der Waals surface area (Å²) in [5.74, 6) is 0.864. The van der Waals surface area contributed by atoms with Gasteiger partial charge in [-0.1, -0.05) is 6.07 Å². The van der Waals surface area contributed by atoms with Crippen LogP contribution in [0.15, 0.2) is 11.8 Å². The van der Waals surface area contributed by atoms with Crippen molar-refractivity contribution in [2.45, 2.75) is 51.4 Å². The van der Waals surface area contributed by atoms with Gasteiger partial charge in [0.05, 0.1) is 32.4 Å². The maximum absolute atomic E-state index is 12.1. The molecule has 3 N–H and O–H groups in total. The van der Waals surface area contributed by atoms with Gasteiger partial charge in [-0.15, -0.1) is 0 Å². The van der Waals surface area contributed by atoms with Gasteiger partial charge in [0.25, 0.3) is 0 Å². The second kappa shape index (κ2) is 10.7. The van der Waals surface area contributed by atoms with Crippen LogP contribution in [0.2, 0.25) is 0 Å². The molecule has 218 valence electrons. The van der Waals surface area contributed by atoms with Crippen LogP contribution in [-0.4, -0.2) is 79.7 Å². The number of piperazine rings is 1. The number of amides is 1. The lowest BCUT2D eigenvalue weighted by Crippen LogP contribution is -2.62. The fraction of sp³-hybridized carbons (Fsp3) is 0.467. The van der Waals surface area contributed by atoms with E-state index in [1.807, 2.05) is 24.9 Å². The van der Waals surface area contributed by atoms with E-state index in [1.165, 1.54) is 14.0 Å². The number of fused-ring (bicyclic) bond motifs is 7. The Bertz CT molecular complexity index is 1480. The topological polar surface area (TPSA) is 137 Å². The number of nitriles is 1. The van der Waals surface area contributed by atoms with E-state index in [-0.39, 0.29) is 42.5 Å². The van der Waals surface area contributed by atoms with Crippen LogP contribution in [0.1, 0.15) is 52.4 Å². The van der Waals surface area contributed by atoms with Crippen molar-refractivity contribution in [2.75, 3.05) is 41.7 Å². The summed E-state index contributed by atoms with van der Waals surface area (Å²) in [4.78, 5) is 16.2. The van der Waals surface area contributed by atoms with Gasteiger partial charge >= 0.3 is 0 Å². The number of phenolic OH excluding ortho intramolecular Hbond substituents is 2. The van der Waals surface area contributed by atoms with Crippen LogP contribution < -0.4 is 19.5 Å². The van der Waals surface area contributed by atoms with Crippen molar-refractivity contribution in [3.8, 4) is 34.8 Å². The molecule has 3 aliphatic rings. The van der Waals surface area contributed by atoms with E-state index in [2.05, 4.69) is 22.4 Å². The lowest BCUT2D eigenvalue weighted by Gasteiger charge is -2.57. The van der Waals surface area contributed by atoms with Crippen molar-refractivity contribution in [1.82, 2.24) is 15.1 Å². The average molecular weight is 565 g/mol. The zero-order chi connectivity index (χ0) is 29.7. The standard InChI is InChI=1S/C30H36N4O7/c1-14-8-17-9-19-21(11-31)34-20(25(33(19)4)23(17)30(28(14)39-6)41-13-38-5)10-18-24(22(34)12-32-16(3)35)27(37)29(40-7)15(2)26(18)36/h8,10,19,21-22,25,36-37H,9,12-13H2,1-7H3,(H,32,35)/t19-,21-,22?,25-/m0/s1. The summed E-state index contributed by atoms with van der Waals surface area (Å²) in [5.41, 5.74) is 4.74. The molecule has 5 rings (SSSR count). The summed E-state index contributed by atoms with van der Waals surface area (Å²) < 4.78 is 22.7. The Kier molecular flexibility index (Phi) is 7.40. The Balaban J connectivity index is 1.84. The summed E-state index contributed by atoms with van der Waals surface area (Å²) in [5, 5.41) is 36.3. The predicted molar refractivity (Wildman–Crippen MR) is 150 cm³/mol. The van der Waals surface area contributed by atoms with E-state index in [0.717, 1.165) is 22.4 Å². The molecule has 0 saturated carbocycles. The zero-order valence-corrected chi connectivity index (χ0v) is 24.4. The number of benzene rings is 2. The highest BCUT2D eigenvalue weighted by molar-refractivity contribution is 5.77. The third-order valence-electron chi connectivity index (χ3n) is 8.50. The first-order valence-electron chi connectivity index (χ1n) is 13.4. The number of rotatable bonds is 7. The number of methoxy groups -OCH3 is 3. The molecule has 4 atom stereocenters. The van der Waals surface area contributed by atoms with Gasteiger partial charge < -0.3 is 39.4 Å². The highest BCUT2D eigenvalue weighted by atomic mass is 16.7. The number of ether oxygens (including phenoxy) is 4. The largest absolute Gasteiger partial charge is 0.507 e. The summed E-state index contributed by atoms with van der Waals surface area (Å²) >= 11 is 0. The molecule has 2 bridgehead atoms. The van der Waals surface area contributed by atoms with Crippen molar-refractivity contribution in [3.05, 3.63) is 45.1 Å². The number of nitrogens with one attached hydrogen (secondary N) is 1. The molecule has 2 aromatic rings. The monoisotopic (exact) mass is 564 g/mol. The quantitative estimate of drug-likeness (QED) is 0.340. The van der Waals surface area contributed by atoms with E-state index >= 15 is 0 Å².